The number of para-hydroxylation sites is 2. The number of hydrogen-bond acceptors (Lipinski definition) is 5. The number of sulfone groups is 1. The molecule has 0 spiro atoms. The molecule has 0 saturated heterocycles. The molecule has 0 saturated carbocycles. The van der Waals surface area contributed by atoms with Crippen LogP contribution in [0, 0.1) is 0 Å². The summed E-state index contributed by atoms with van der Waals surface area (Å²) in [6, 6.07) is 8.11. The lowest BCUT2D eigenvalue weighted by atomic mass is 10.2. The first-order valence-corrected chi connectivity index (χ1v) is 9.17. The zero-order valence-corrected chi connectivity index (χ0v) is 14.3. The van der Waals surface area contributed by atoms with Crippen molar-refractivity contribution in [3.8, 4) is 0 Å². The van der Waals surface area contributed by atoms with Gasteiger partial charge in [-0.15, -0.1) is 0 Å². The summed E-state index contributed by atoms with van der Waals surface area (Å²) in [5.41, 5.74) is 0.520. The molecule has 0 aliphatic carbocycles. The van der Waals surface area contributed by atoms with E-state index in [-0.39, 0.29) is 22.7 Å². The van der Waals surface area contributed by atoms with E-state index in [4.69, 9.17) is 4.74 Å². The van der Waals surface area contributed by atoms with Gasteiger partial charge in [0.1, 0.15) is 16.1 Å². The maximum atomic E-state index is 12.8. The van der Waals surface area contributed by atoms with E-state index in [2.05, 4.69) is 0 Å². The minimum absolute atomic E-state index is 0.0880. The number of hydrogen-bond donors (Lipinski definition) is 0. The van der Waals surface area contributed by atoms with E-state index in [1.807, 2.05) is 0 Å². The predicted octanol–water partition coefficient (Wildman–Crippen LogP) is 1.37. The third-order valence-corrected chi connectivity index (χ3v) is 4.94. The van der Waals surface area contributed by atoms with Crippen LogP contribution in [0.25, 0.3) is 16.7 Å². The number of rotatable bonds is 3. The second kappa shape index (κ2) is 5.48. The largest absolute Gasteiger partial charge is 0.462 e. The van der Waals surface area contributed by atoms with Gasteiger partial charge in [-0.1, -0.05) is 12.1 Å². The van der Waals surface area contributed by atoms with Crippen LogP contribution in [-0.4, -0.2) is 36.2 Å². The molecule has 0 fully saturated rings. The van der Waals surface area contributed by atoms with Crippen LogP contribution in [0.2, 0.25) is 0 Å². The number of aromatic nitrogens is 2. The fraction of sp³-hybridized carbons (Fsp3) is 0.250. The van der Waals surface area contributed by atoms with Gasteiger partial charge in [0.2, 0.25) is 0 Å². The average molecular weight is 348 g/mol. The lowest BCUT2D eigenvalue weighted by molar-refractivity contribution is 0.0524. The van der Waals surface area contributed by atoms with E-state index in [0.29, 0.717) is 11.0 Å². The van der Waals surface area contributed by atoms with E-state index < -0.39 is 21.4 Å². The number of carbonyl (C=O) groups is 1. The first-order valence-electron chi connectivity index (χ1n) is 7.27. The monoisotopic (exact) mass is 348 g/mol. The molecule has 24 heavy (non-hydrogen) atoms. The van der Waals surface area contributed by atoms with Crippen LogP contribution < -0.4 is 5.56 Å². The summed E-state index contributed by atoms with van der Waals surface area (Å²) in [7, 11) is -2.00. The Morgan fingerprint density at radius 3 is 2.42 bits per heavy atom. The van der Waals surface area contributed by atoms with Crippen molar-refractivity contribution in [3.63, 3.8) is 0 Å². The second-order valence-corrected chi connectivity index (χ2v) is 7.41. The number of fused-ring (bicyclic) bond motifs is 3. The Bertz CT molecular complexity index is 1140. The van der Waals surface area contributed by atoms with Gasteiger partial charge in [-0.25, -0.2) is 13.2 Å². The van der Waals surface area contributed by atoms with Crippen molar-refractivity contribution in [3.05, 3.63) is 46.2 Å². The van der Waals surface area contributed by atoms with Crippen molar-refractivity contribution in [2.24, 2.45) is 7.05 Å². The lowest BCUT2D eigenvalue weighted by Gasteiger charge is -2.08. The van der Waals surface area contributed by atoms with Gasteiger partial charge in [-0.2, -0.15) is 0 Å². The molecule has 0 amide bonds. The Labute approximate surface area is 138 Å². The molecule has 0 atom stereocenters. The Morgan fingerprint density at radius 2 is 1.83 bits per heavy atom. The van der Waals surface area contributed by atoms with E-state index in [9.17, 15) is 18.0 Å². The number of pyridine rings is 1. The quantitative estimate of drug-likeness (QED) is 0.667. The van der Waals surface area contributed by atoms with Crippen LogP contribution in [-0.2, 0) is 21.6 Å². The van der Waals surface area contributed by atoms with Crippen LogP contribution in [0.5, 0.6) is 0 Å². The molecule has 0 aliphatic rings. The molecule has 0 aliphatic heterocycles. The SMILES string of the molecule is CCOC(=O)c1cc(S(C)(=O)=O)c2n(C)c3ccccc3n2c1=O. The maximum Gasteiger partial charge on any atom is 0.343 e. The predicted molar refractivity (Wildman–Crippen MR) is 89.2 cm³/mol. The van der Waals surface area contributed by atoms with Gasteiger partial charge in [-0.05, 0) is 25.1 Å². The van der Waals surface area contributed by atoms with Gasteiger partial charge >= 0.3 is 5.97 Å². The van der Waals surface area contributed by atoms with Gasteiger partial charge in [0.25, 0.3) is 5.56 Å². The van der Waals surface area contributed by atoms with E-state index in [1.54, 1.807) is 42.8 Å². The second-order valence-electron chi connectivity index (χ2n) is 5.43. The summed E-state index contributed by atoms with van der Waals surface area (Å²) >= 11 is 0. The third kappa shape index (κ3) is 2.30. The number of benzene rings is 1. The summed E-state index contributed by atoms with van der Waals surface area (Å²) in [5, 5.41) is 0. The molecule has 7 nitrogen and oxygen atoms in total. The first kappa shape index (κ1) is 16.3. The number of ether oxygens (including phenoxy) is 1. The number of aryl methyl sites for hydroxylation is 1. The van der Waals surface area contributed by atoms with Gasteiger partial charge in [0.15, 0.2) is 9.84 Å². The molecule has 0 radical (unpaired) electrons. The minimum Gasteiger partial charge on any atom is -0.462 e. The molecule has 3 rings (SSSR count). The van der Waals surface area contributed by atoms with Crippen LogP contribution >= 0.6 is 0 Å². The number of esters is 1. The normalized spacial score (nSPS) is 12.0. The smallest absolute Gasteiger partial charge is 0.343 e. The van der Waals surface area contributed by atoms with Crippen molar-refractivity contribution >= 4 is 32.5 Å². The molecule has 0 N–H and O–H groups in total. The highest BCUT2D eigenvalue weighted by molar-refractivity contribution is 7.91. The Hall–Kier alpha value is -2.61. The van der Waals surface area contributed by atoms with Gasteiger partial charge in [-0.3, -0.25) is 9.20 Å². The molecule has 8 heteroatoms. The molecule has 0 bridgehead atoms. The Kier molecular flexibility index (Phi) is 3.71. The van der Waals surface area contributed by atoms with Gasteiger partial charge in [0, 0.05) is 13.3 Å². The summed E-state index contributed by atoms with van der Waals surface area (Å²) in [6.45, 7) is 1.70. The number of nitrogens with zero attached hydrogens (tertiary/aromatic N) is 2. The molecule has 2 aromatic heterocycles. The topological polar surface area (TPSA) is 86.8 Å². The lowest BCUT2D eigenvalue weighted by Crippen LogP contribution is -2.25. The molecule has 3 aromatic rings. The highest BCUT2D eigenvalue weighted by atomic mass is 32.2. The van der Waals surface area contributed by atoms with Crippen LogP contribution in [0.15, 0.2) is 40.0 Å². The van der Waals surface area contributed by atoms with E-state index in [0.717, 1.165) is 12.3 Å². The van der Waals surface area contributed by atoms with Crippen LogP contribution in [0.1, 0.15) is 17.3 Å². The third-order valence-electron chi connectivity index (χ3n) is 3.84. The number of carbonyl (C=O) groups excluding carboxylic acids is 1. The van der Waals surface area contributed by atoms with E-state index in [1.165, 1.54) is 4.40 Å². The minimum atomic E-state index is -3.68. The first-order chi connectivity index (χ1) is 11.3. The zero-order chi connectivity index (χ0) is 17.6. The van der Waals surface area contributed by atoms with Crippen molar-refractivity contribution in [2.45, 2.75) is 11.8 Å². The summed E-state index contributed by atoms with van der Waals surface area (Å²) in [6.07, 6.45) is 1.04. The van der Waals surface area contributed by atoms with Crippen LogP contribution in [0.4, 0.5) is 0 Å². The summed E-state index contributed by atoms with van der Waals surface area (Å²) in [5.74, 6) is -0.838. The molecular weight excluding hydrogens is 332 g/mol. The maximum absolute atomic E-state index is 12.8. The fourth-order valence-electron chi connectivity index (χ4n) is 2.80. The average Bonchev–Trinajstić information content (AvgIpc) is 2.81. The molecule has 2 heterocycles. The standard InChI is InChI=1S/C16H16N2O5S/c1-4-23-16(20)10-9-13(24(3,21)22)14-17(2)11-7-5-6-8-12(11)18(14)15(10)19/h5-9H,4H2,1-3H3. The van der Waals surface area contributed by atoms with Crippen LogP contribution in [0.3, 0.4) is 0 Å². The van der Waals surface area contributed by atoms with Gasteiger partial charge in [0.05, 0.1) is 17.6 Å². The Morgan fingerprint density at radius 1 is 1.21 bits per heavy atom. The molecule has 126 valence electrons. The van der Waals surface area contributed by atoms with Crippen molar-refractivity contribution in [1.82, 2.24) is 8.97 Å². The molecule has 0 unspecified atom stereocenters. The van der Waals surface area contributed by atoms with Gasteiger partial charge < -0.3 is 9.30 Å². The van der Waals surface area contributed by atoms with E-state index >= 15 is 0 Å². The van der Waals surface area contributed by atoms with Crippen molar-refractivity contribution < 1.29 is 17.9 Å². The highest BCUT2D eigenvalue weighted by Gasteiger charge is 2.25. The molecule has 1 aromatic carbocycles. The van der Waals surface area contributed by atoms with Crippen molar-refractivity contribution in [1.29, 1.82) is 0 Å². The summed E-state index contributed by atoms with van der Waals surface area (Å²) in [4.78, 5) is 24.8. The highest BCUT2D eigenvalue weighted by Crippen LogP contribution is 2.24. The molecular formula is C16H16N2O5S. The zero-order valence-electron chi connectivity index (χ0n) is 13.4. The summed E-state index contributed by atoms with van der Waals surface area (Å²) < 4.78 is 32.2. The van der Waals surface area contributed by atoms with Crippen molar-refractivity contribution in [2.75, 3.05) is 12.9 Å². The number of imidazole rings is 1. The Balaban J connectivity index is 2.61. The fourth-order valence-corrected chi connectivity index (χ4v) is 3.69.